The Labute approximate surface area is 301 Å². The van der Waals surface area contributed by atoms with E-state index >= 15 is 8.78 Å². The highest BCUT2D eigenvalue weighted by Crippen LogP contribution is 2.42. The fraction of sp³-hybridized carbons (Fsp3) is 0.429. The molecule has 0 saturated carbocycles. The molecular weight excluding hydrogens is 711 g/mol. The number of aliphatic hydroxyl groups is 1. The van der Waals surface area contributed by atoms with Gasteiger partial charge in [-0.15, -0.1) is 11.3 Å². The lowest BCUT2D eigenvalue weighted by molar-refractivity contribution is -0.203. The first kappa shape index (κ1) is 36.9. The fourth-order valence-corrected chi connectivity index (χ4v) is 7.05. The molecule has 3 aliphatic rings. The van der Waals surface area contributed by atoms with Crippen LogP contribution in [-0.4, -0.2) is 94.8 Å². The van der Waals surface area contributed by atoms with Crippen molar-refractivity contribution in [2.45, 2.75) is 57.5 Å². The van der Waals surface area contributed by atoms with Crippen LogP contribution >= 0.6 is 22.9 Å². The molecule has 11 nitrogen and oxygen atoms in total. The number of carbonyl (C=O) groups excluding carboxylic acids is 2. The van der Waals surface area contributed by atoms with Crippen molar-refractivity contribution < 1.29 is 42.2 Å². The van der Waals surface area contributed by atoms with Gasteiger partial charge in [0.15, 0.2) is 10.8 Å². The molecule has 2 fully saturated rings. The van der Waals surface area contributed by atoms with E-state index in [1.54, 1.807) is 42.8 Å². The first-order chi connectivity index (χ1) is 24.3. The number of β-amino-alcohol motifs (C(OH)–C–C–N with tert-alkyl or cyclic N) is 1. The monoisotopic (exact) mass is 747 g/mol. The van der Waals surface area contributed by atoms with Crippen molar-refractivity contribution in [1.29, 1.82) is 0 Å². The number of nitrogens with one attached hydrogen (secondary N) is 1. The number of nitrogens with zero attached hydrogens (tertiary/aromatic N) is 4. The Hall–Kier alpha value is -3.86. The van der Waals surface area contributed by atoms with Gasteiger partial charge in [0.25, 0.3) is 5.92 Å². The largest absolute Gasteiger partial charge is 0.463 e. The van der Waals surface area contributed by atoms with Crippen molar-refractivity contribution in [3.63, 3.8) is 0 Å². The molecule has 0 amide bonds. The number of fused-ring (bicyclic) bond motifs is 1. The number of benzene rings is 2. The van der Waals surface area contributed by atoms with Crippen molar-refractivity contribution in [3.05, 3.63) is 98.4 Å². The Morgan fingerprint density at radius 1 is 1.22 bits per heavy atom. The quantitative estimate of drug-likeness (QED) is 0.247. The molecule has 3 aliphatic heterocycles. The van der Waals surface area contributed by atoms with Crippen LogP contribution in [0.3, 0.4) is 0 Å². The maximum atomic E-state index is 15.9. The van der Waals surface area contributed by atoms with E-state index < -0.39 is 66.4 Å². The summed E-state index contributed by atoms with van der Waals surface area (Å²) in [4.78, 5) is 42.8. The molecule has 272 valence electrons. The van der Waals surface area contributed by atoms with Crippen molar-refractivity contribution in [2.75, 3.05) is 32.8 Å². The number of thiazole rings is 1. The first-order valence-electron chi connectivity index (χ1n) is 16.3. The zero-order chi connectivity index (χ0) is 36.5. The number of ether oxygens (including phenoxy) is 2. The molecule has 1 aromatic heterocycles. The van der Waals surface area contributed by atoms with Crippen molar-refractivity contribution in [1.82, 2.24) is 20.3 Å². The minimum absolute atomic E-state index is 0.00573. The highest BCUT2D eigenvalue weighted by molar-refractivity contribution is 7.11. The second-order valence-electron chi connectivity index (χ2n) is 13.0. The number of aliphatic hydroxyl groups excluding tert-OH is 1. The number of aliphatic imine (C=N–C) groups is 1. The van der Waals surface area contributed by atoms with E-state index in [0.717, 1.165) is 10.6 Å². The Kier molecular flexibility index (Phi) is 10.9. The number of halogens is 4. The van der Waals surface area contributed by atoms with Crippen LogP contribution in [0.1, 0.15) is 42.9 Å². The van der Waals surface area contributed by atoms with Gasteiger partial charge in [-0.05, 0) is 44.0 Å². The van der Waals surface area contributed by atoms with Crippen LogP contribution in [0.2, 0.25) is 5.02 Å². The number of rotatable bonds is 12. The summed E-state index contributed by atoms with van der Waals surface area (Å²) in [5, 5.41) is 17.4. The lowest BCUT2D eigenvalue weighted by Crippen LogP contribution is -2.51. The van der Waals surface area contributed by atoms with Crippen molar-refractivity contribution in [2.24, 2.45) is 10.4 Å². The molecule has 4 atom stereocenters. The molecule has 0 unspecified atom stereocenters. The van der Waals surface area contributed by atoms with Gasteiger partial charge >= 0.3 is 11.9 Å². The highest BCUT2D eigenvalue weighted by Gasteiger charge is 2.61. The number of esters is 2. The zero-order valence-corrected chi connectivity index (χ0v) is 29.6. The Bertz CT molecular complexity index is 1810. The average molecular weight is 748 g/mol. The average Bonchev–Trinajstić information content (AvgIpc) is 3.84. The van der Waals surface area contributed by atoms with Gasteiger partial charge in [-0.1, -0.05) is 48.0 Å². The van der Waals surface area contributed by atoms with Gasteiger partial charge in [-0.2, -0.15) is 5.06 Å². The second kappa shape index (κ2) is 15.0. The van der Waals surface area contributed by atoms with E-state index in [0.29, 0.717) is 10.6 Å². The van der Waals surface area contributed by atoms with Crippen LogP contribution in [0, 0.1) is 11.2 Å². The summed E-state index contributed by atoms with van der Waals surface area (Å²) >= 11 is 7.22. The molecule has 16 heteroatoms. The van der Waals surface area contributed by atoms with Crippen LogP contribution in [0.5, 0.6) is 0 Å². The molecule has 0 radical (unpaired) electrons. The third kappa shape index (κ3) is 7.69. The summed E-state index contributed by atoms with van der Waals surface area (Å²) in [6.45, 7) is 3.20. The van der Waals surface area contributed by atoms with Crippen molar-refractivity contribution in [3.8, 4) is 0 Å². The molecule has 0 bridgehead atoms. The molecular formula is C35H37ClF3N5O6S. The SMILES string of the molecule is CCOC(=O)C1=C(CN2CC(F)(F)[C@H]3[C@@H]2CON3C[C@H](O)C(C)(C)C(=O)OCc2ccccc2)NC(c2nccs2)=N[C@@H]1c1ccc(Cl)c(F)c1. The summed E-state index contributed by atoms with van der Waals surface area (Å²) in [5.74, 6) is -5.21. The summed E-state index contributed by atoms with van der Waals surface area (Å²) in [6, 6.07) is 9.67. The van der Waals surface area contributed by atoms with E-state index in [2.05, 4.69) is 10.3 Å². The topological polar surface area (TPSA) is 126 Å². The molecule has 6 rings (SSSR count). The van der Waals surface area contributed by atoms with Gasteiger partial charge < -0.3 is 19.9 Å². The number of alkyl halides is 2. The van der Waals surface area contributed by atoms with Crippen molar-refractivity contribution >= 4 is 40.7 Å². The number of hydroxylamine groups is 2. The Morgan fingerprint density at radius 2 is 1.98 bits per heavy atom. The summed E-state index contributed by atoms with van der Waals surface area (Å²) in [5.41, 5.74) is -0.139. The van der Waals surface area contributed by atoms with Gasteiger partial charge in [-0.3, -0.25) is 19.5 Å². The smallest absolute Gasteiger partial charge is 0.338 e. The number of carbonyl (C=O) groups is 2. The normalized spacial score (nSPS) is 22.7. The zero-order valence-electron chi connectivity index (χ0n) is 28.0. The van der Waals surface area contributed by atoms with Gasteiger partial charge in [0.05, 0.1) is 54.5 Å². The molecule has 2 aromatic carbocycles. The second-order valence-corrected chi connectivity index (χ2v) is 14.3. The first-order valence-corrected chi connectivity index (χ1v) is 17.6. The van der Waals surface area contributed by atoms with E-state index in [-0.39, 0.29) is 48.5 Å². The Morgan fingerprint density at radius 3 is 2.67 bits per heavy atom. The fourth-order valence-electron chi connectivity index (χ4n) is 6.34. The van der Waals surface area contributed by atoms with Gasteiger partial charge in [-0.25, -0.2) is 22.9 Å². The third-order valence-electron chi connectivity index (χ3n) is 9.20. The molecule has 0 aliphatic carbocycles. The number of hydrogen-bond acceptors (Lipinski definition) is 12. The maximum absolute atomic E-state index is 15.9. The third-order valence-corrected chi connectivity index (χ3v) is 10.3. The molecule has 51 heavy (non-hydrogen) atoms. The van der Waals surface area contributed by atoms with Crippen LogP contribution in [0.25, 0.3) is 0 Å². The lowest BCUT2D eigenvalue weighted by Gasteiger charge is -2.33. The van der Waals surface area contributed by atoms with E-state index in [1.165, 1.54) is 48.3 Å². The predicted molar refractivity (Wildman–Crippen MR) is 182 cm³/mol. The molecule has 0 spiro atoms. The van der Waals surface area contributed by atoms with E-state index in [1.807, 2.05) is 6.07 Å². The molecule has 2 saturated heterocycles. The molecule has 2 N–H and O–H groups in total. The van der Waals surface area contributed by atoms with Gasteiger partial charge in [0, 0.05) is 23.8 Å². The molecule has 4 heterocycles. The van der Waals surface area contributed by atoms with Gasteiger partial charge in [0.1, 0.15) is 24.5 Å². The maximum Gasteiger partial charge on any atom is 0.338 e. The summed E-state index contributed by atoms with van der Waals surface area (Å²) < 4.78 is 57.4. The minimum Gasteiger partial charge on any atom is -0.463 e. The summed E-state index contributed by atoms with van der Waals surface area (Å²) in [6.07, 6.45) is 0.153. The Balaban J connectivity index is 1.24. The predicted octanol–water partition coefficient (Wildman–Crippen LogP) is 4.91. The number of aromatic nitrogens is 1. The number of amidine groups is 1. The van der Waals surface area contributed by atoms with Crippen LogP contribution in [0.15, 0.2) is 76.4 Å². The van der Waals surface area contributed by atoms with E-state index in [4.69, 9.17) is 30.9 Å². The minimum atomic E-state index is -3.32. The summed E-state index contributed by atoms with van der Waals surface area (Å²) in [7, 11) is 0. The number of likely N-dealkylation sites (tertiary alicyclic amines) is 1. The highest BCUT2D eigenvalue weighted by atomic mass is 35.5. The van der Waals surface area contributed by atoms with E-state index in [9.17, 15) is 19.1 Å². The molecule has 3 aromatic rings. The van der Waals surface area contributed by atoms with Gasteiger partial charge in [0.2, 0.25) is 0 Å². The number of hydrogen-bond donors (Lipinski definition) is 2. The standard InChI is InChI=1S/C35H37ClF3N5O6S/c1-4-48-32(46)27-24(41-30(31-40-12-13-51-31)42-28(27)21-10-11-22(36)23(37)14-21)15-43-19-35(38,39)29-25(43)18-50-44(29)16-26(45)34(2,3)33(47)49-17-20-8-6-5-7-9-20/h5-14,25-26,28-29,45H,4,15-19H2,1-3H3,(H,41,42)/t25-,26-,28+,29+/m0/s1. The lowest BCUT2D eigenvalue weighted by atomic mass is 9.86. The van der Waals surface area contributed by atoms with Crippen LogP contribution in [0.4, 0.5) is 13.2 Å². The van der Waals surface area contributed by atoms with Crippen LogP contribution < -0.4 is 5.32 Å². The van der Waals surface area contributed by atoms with Crippen LogP contribution in [-0.2, 0) is 30.5 Å².